The summed E-state index contributed by atoms with van der Waals surface area (Å²) in [5, 5.41) is 16.0. The van der Waals surface area contributed by atoms with Crippen LogP contribution in [-0.4, -0.2) is 32.7 Å². The van der Waals surface area contributed by atoms with E-state index in [0.717, 1.165) is 11.5 Å². The van der Waals surface area contributed by atoms with Gasteiger partial charge in [-0.1, -0.05) is 19.9 Å². The third-order valence-electron chi connectivity index (χ3n) is 3.99. The van der Waals surface area contributed by atoms with Crippen molar-refractivity contribution >= 4 is 11.8 Å². The topological polar surface area (TPSA) is 96.1 Å². The Hall–Kier alpha value is -2.93. The first-order valence-corrected chi connectivity index (χ1v) is 8.60. The number of hydrogen-bond donors (Lipinski definition) is 3. The molecule has 0 spiro atoms. The number of rotatable bonds is 8. The minimum atomic E-state index is -0.132. The van der Waals surface area contributed by atoms with Crippen LogP contribution in [0.2, 0.25) is 0 Å². The van der Waals surface area contributed by atoms with Gasteiger partial charge in [-0.25, -0.2) is 4.98 Å². The summed E-state index contributed by atoms with van der Waals surface area (Å²) < 4.78 is 5.35. The number of hydrogen-bond acceptors (Lipinski definition) is 7. The van der Waals surface area contributed by atoms with Gasteiger partial charge in [-0.05, 0) is 30.2 Å². The number of furan rings is 1. The predicted molar refractivity (Wildman–Crippen MR) is 101 cm³/mol. The molecule has 3 aromatic rings. The molecule has 0 aromatic carbocycles. The van der Waals surface area contributed by atoms with Crippen LogP contribution in [0.25, 0.3) is 11.4 Å². The maximum Gasteiger partial charge on any atom is 0.225 e. The van der Waals surface area contributed by atoms with E-state index in [0.29, 0.717) is 24.0 Å². The summed E-state index contributed by atoms with van der Waals surface area (Å²) in [5.41, 5.74) is 1.45. The summed E-state index contributed by atoms with van der Waals surface area (Å²) in [4.78, 5) is 13.4. The monoisotopic (exact) mass is 353 g/mol. The molecule has 3 heterocycles. The lowest BCUT2D eigenvalue weighted by atomic mass is 10.1. The highest BCUT2D eigenvalue weighted by Gasteiger charge is 2.15. The fourth-order valence-electron chi connectivity index (χ4n) is 2.43. The Balaban J connectivity index is 1.88. The largest absolute Gasteiger partial charge is 0.467 e. The van der Waals surface area contributed by atoms with Gasteiger partial charge >= 0.3 is 0 Å². The SMILES string of the molecule is CC(C)[C@H](CO)Nc1nc(NCc2ccco2)cc(-c2ccccn2)n1. The van der Waals surface area contributed by atoms with Crippen LogP contribution in [0.5, 0.6) is 0 Å². The quantitative estimate of drug-likeness (QED) is 0.572. The summed E-state index contributed by atoms with van der Waals surface area (Å²) in [6.45, 7) is 4.59. The van der Waals surface area contributed by atoms with Crippen LogP contribution in [0.3, 0.4) is 0 Å². The maximum atomic E-state index is 9.58. The molecule has 0 unspecified atom stereocenters. The van der Waals surface area contributed by atoms with E-state index in [1.807, 2.05) is 50.2 Å². The summed E-state index contributed by atoms with van der Waals surface area (Å²) in [6.07, 6.45) is 3.36. The van der Waals surface area contributed by atoms with E-state index in [9.17, 15) is 5.11 Å². The standard InChI is InChI=1S/C19H23N5O2/c1-13(2)17(12-25)23-19-22-16(15-7-3-4-8-20-15)10-18(24-19)21-11-14-6-5-9-26-14/h3-10,13,17,25H,11-12H2,1-2H3,(H2,21,22,23,24)/t17-/m0/s1. The fraction of sp³-hybridized carbons (Fsp3) is 0.316. The Morgan fingerprint density at radius 2 is 2.00 bits per heavy atom. The van der Waals surface area contributed by atoms with E-state index < -0.39 is 0 Å². The smallest absolute Gasteiger partial charge is 0.225 e. The molecule has 3 N–H and O–H groups in total. The van der Waals surface area contributed by atoms with Crippen molar-refractivity contribution in [3.05, 3.63) is 54.6 Å². The number of aliphatic hydroxyl groups is 1. The average Bonchev–Trinajstić information content (AvgIpc) is 3.18. The first kappa shape index (κ1) is 17.9. The molecule has 26 heavy (non-hydrogen) atoms. The molecular weight excluding hydrogens is 330 g/mol. The number of aromatic nitrogens is 3. The Kier molecular flexibility index (Phi) is 5.80. The second-order valence-corrected chi connectivity index (χ2v) is 6.29. The van der Waals surface area contributed by atoms with Crippen LogP contribution in [-0.2, 0) is 6.54 Å². The normalized spacial score (nSPS) is 12.2. The molecule has 0 aliphatic rings. The molecule has 0 aliphatic carbocycles. The van der Waals surface area contributed by atoms with Gasteiger partial charge in [-0.15, -0.1) is 0 Å². The van der Waals surface area contributed by atoms with Crippen LogP contribution >= 0.6 is 0 Å². The average molecular weight is 353 g/mol. The van der Waals surface area contributed by atoms with Gasteiger partial charge in [-0.2, -0.15) is 4.98 Å². The van der Waals surface area contributed by atoms with Crippen molar-refractivity contribution in [2.24, 2.45) is 5.92 Å². The Morgan fingerprint density at radius 1 is 1.12 bits per heavy atom. The lowest BCUT2D eigenvalue weighted by Gasteiger charge is -2.20. The highest BCUT2D eigenvalue weighted by atomic mass is 16.3. The molecule has 7 heteroatoms. The number of anilines is 2. The first-order valence-electron chi connectivity index (χ1n) is 8.60. The summed E-state index contributed by atoms with van der Waals surface area (Å²) >= 11 is 0. The Labute approximate surface area is 152 Å². The molecular formula is C19H23N5O2. The van der Waals surface area contributed by atoms with Gasteiger partial charge in [0, 0.05) is 12.3 Å². The van der Waals surface area contributed by atoms with Gasteiger partial charge in [0.05, 0.1) is 36.8 Å². The molecule has 3 rings (SSSR count). The van der Waals surface area contributed by atoms with Gasteiger partial charge in [-0.3, -0.25) is 4.98 Å². The van der Waals surface area contributed by atoms with Gasteiger partial charge in [0.1, 0.15) is 11.6 Å². The highest BCUT2D eigenvalue weighted by molar-refractivity contribution is 5.61. The third-order valence-corrected chi connectivity index (χ3v) is 3.99. The molecule has 0 bridgehead atoms. The zero-order chi connectivity index (χ0) is 18.4. The molecule has 3 aromatic heterocycles. The van der Waals surface area contributed by atoms with Crippen LogP contribution in [0.15, 0.2) is 53.3 Å². The highest BCUT2D eigenvalue weighted by Crippen LogP contribution is 2.21. The van der Waals surface area contributed by atoms with E-state index in [-0.39, 0.29) is 18.6 Å². The van der Waals surface area contributed by atoms with Crippen LogP contribution < -0.4 is 10.6 Å². The zero-order valence-corrected chi connectivity index (χ0v) is 14.9. The minimum absolute atomic E-state index is 0.00397. The summed E-state index contributed by atoms with van der Waals surface area (Å²) in [7, 11) is 0. The van der Waals surface area contributed by atoms with E-state index in [1.54, 1.807) is 12.5 Å². The van der Waals surface area contributed by atoms with Crippen LogP contribution in [0, 0.1) is 5.92 Å². The third kappa shape index (κ3) is 4.58. The first-order chi connectivity index (χ1) is 12.7. The van der Waals surface area contributed by atoms with Crippen molar-refractivity contribution in [3.8, 4) is 11.4 Å². The molecule has 0 saturated heterocycles. The van der Waals surface area contributed by atoms with Crippen molar-refractivity contribution in [3.63, 3.8) is 0 Å². The van der Waals surface area contributed by atoms with Crippen LogP contribution in [0.4, 0.5) is 11.8 Å². The van der Waals surface area contributed by atoms with E-state index in [4.69, 9.17) is 4.42 Å². The lowest BCUT2D eigenvalue weighted by molar-refractivity contribution is 0.248. The van der Waals surface area contributed by atoms with Crippen molar-refractivity contribution in [2.75, 3.05) is 17.2 Å². The zero-order valence-electron chi connectivity index (χ0n) is 14.9. The number of pyridine rings is 1. The summed E-state index contributed by atoms with van der Waals surface area (Å²) in [5.74, 6) is 2.15. The molecule has 0 amide bonds. The minimum Gasteiger partial charge on any atom is -0.467 e. The number of nitrogens with one attached hydrogen (secondary N) is 2. The number of nitrogens with zero attached hydrogens (tertiary/aromatic N) is 3. The van der Waals surface area contributed by atoms with Gasteiger partial charge < -0.3 is 20.2 Å². The molecule has 0 aliphatic heterocycles. The molecule has 1 atom stereocenters. The summed E-state index contributed by atoms with van der Waals surface area (Å²) in [6, 6.07) is 11.1. The van der Waals surface area contributed by atoms with E-state index >= 15 is 0 Å². The van der Waals surface area contributed by atoms with Crippen molar-refractivity contribution in [2.45, 2.75) is 26.4 Å². The van der Waals surface area contributed by atoms with E-state index in [2.05, 4.69) is 25.6 Å². The molecule has 136 valence electrons. The van der Waals surface area contributed by atoms with E-state index in [1.165, 1.54) is 0 Å². The van der Waals surface area contributed by atoms with Crippen molar-refractivity contribution in [1.29, 1.82) is 0 Å². The Bertz CT molecular complexity index is 806. The second kappa shape index (κ2) is 8.44. The Morgan fingerprint density at radius 3 is 2.65 bits per heavy atom. The molecule has 0 saturated carbocycles. The fourth-order valence-corrected chi connectivity index (χ4v) is 2.43. The van der Waals surface area contributed by atoms with Gasteiger partial charge in [0.2, 0.25) is 5.95 Å². The molecule has 0 radical (unpaired) electrons. The second-order valence-electron chi connectivity index (χ2n) is 6.29. The molecule has 0 fully saturated rings. The molecule has 7 nitrogen and oxygen atoms in total. The predicted octanol–water partition coefficient (Wildman–Crippen LogP) is 3.17. The maximum absolute atomic E-state index is 9.58. The lowest BCUT2D eigenvalue weighted by Crippen LogP contribution is -2.30. The van der Waals surface area contributed by atoms with Crippen LogP contribution in [0.1, 0.15) is 19.6 Å². The van der Waals surface area contributed by atoms with Crippen molar-refractivity contribution in [1.82, 2.24) is 15.0 Å². The number of aliphatic hydroxyl groups excluding tert-OH is 1. The van der Waals surface area contributed by atoms with Gasteiger partial charge in [0.25, 0.3) is 0 Å². The van der Waals surface area contributed by atoms with Gasteiger partial charge in [0.15, 0.2) is 0 Å². The van der Waals surface area contributed by atoms with Crippen molar-refractivity contribution < 1.29 is 9.52 Å².